The van der Waals surface area contributed by atoms with Crippen molar-refractivity contribution in [2.24, 2.45) is 0 Å². The number of hydrogen-bond acceptors (Lipinski definition) is 5. The van der Waals surface area contributed by atoms with Gasteiger partial charge in [0.05, 0.1) is 19.6 Å². The fraction of sp³-hybridized carbons (Fsp3) is 0.375. The zero-order valence-electron chi connectivity index (χ0n) is 17.3. The van der Waals surface area contributed by atoms with Crippen LogP contribution in [0.2, 0.25) is 0 Å². The van der Waals surface area contributed by atoms with Gasteiger partial charge in [-0.15, -0.1) is 0 Å². The molecule has 158 valence electrons. The molecule has 0 N–H and O–H groups in total. The average Bonchev–Trinajstić information content (AvgIpc) is 3.17. The largest absolute Gasteiger partial charge is 0.521 e. The molecule has 0 aromatic heterocycles. The highest BCUT2D eigenvalue weighted by atomic mass is 16.6. The number of amides is 1. The molecular weight excluding hydrogens is 382 g/mol. The Balaban J connectivity index is 1.81. The summed E-state index contributed by atoms with van der Waals surface area (Å²) in [6.45, 7) is 2.69. The highest BCUT2D eigenvalue weighted by Gasteiger charge is 2.52. The number of ether oxygens (including phenoxy) is 2. The van der Waals surface area contributed by atoms with Crippen molar-refractivity contribution in [3.8, 4) is 0 Å². The van der Waals surface area contributed by atoms with Crippen molar-refractivity contribution in [3.05, 3.63) is 66.2 Å². The average molecular weight is 410 g/mol. The molecule has 0 spiro atoms. The third-order valence-electron chi connectivity index (χ3n) is 5.53. The molecular formula is C24H28NO5+. The van der Waals surface area contributed by atoms with Gasteiger partial charge in [0.15, 0.2) is 0 Å². The SMILES string of the molecule is CCOC(=O)CC(=O)C[C@@H]1CCC[N+]1(C(=O)OCc1ccccc1)c1ccccc1. The van der Waals surface area contributed by atoms with Gasteiger partial charge in [-0.2, -0.15) is 9.28 Å². The summed E-state index contributed by atoms with van der Waals surface area (Å²) in [5.74, 6) is -0.736. The van der Waals surface area contributed by atoms with Crippen LogP contribution in [0.4, 0.5) is 10.5 Å². The molecule has 6 heteroatoms. The number of likely N-dealkylation sites (tertiary alicyclic amines) is 1. The maximum Gasteiger partial charge on any atom is 0.521 e. The summed E-state index contributed by atoms with van der Waals surface area (Å²) in [4.78, 5) is 37.7. The van der Waals surface area contributed by atoms with Crippen molar-refractivity contribution in [1.82, 2.24) is 4.48 Å². The van der Waals surface area contributed by atoms with Gasteiger partial charge in [-0.25, -0.2) is 0 Å². The van der Waals surface area contributed by atoms with Crippen LogP contribution < -0.4 is 4.48 Å². The topological polar surface area (TPSA) is 69.7 Å². The normalized spacial score (nSPS) is 20.5. The minimum Gasteiger partial charge on any atom is -0.466 e. The van der Waals surface area contributed by atoms with Crippen molar-refractivity contribution < 1.29 is 23.9 Å². The highest BCUT2D eigenvalue weighted by Crippen LogP contribution is 2.37. The molecule has 2 atom stereocenters. The van der Waals surface area contributed by atoms with Crippen LogP contribution in [-0.4, -0.2) is 37.0 Å². The molecule has 2 aromatic carbocycles. The van der Waals surface area contributed by atoms with Crippen LogP contribution in [0.25, 0.3) is 0 Å². The van der Waals surface area contributed by atoms with Gasteiger partial charge in [-0.3, -0.25) is 9.59 Å². The summed E-state index contributed by atoms with van der Waals surface area (Å²) in [6.07, 6.45) is 1.01. The lowest BCUT2D eigenvalue weighted by atomic mass is 10.0. The second kappa shape index (κ2) is 10.2. The van der Waals surface area contributed by atoms with E-state index in [0.717, 1.165) is 17.7 Å². The minimum atomic E-state index is -0.523. The quantitative estimate of drug-likeness (QED) is 0.366. The zero-order chi connectivity index (χ0) is 21.4. The Labute approximate surface area is 177 Å². The maximum absolute atomic E-state index is 13.4. The van der Waals surface area contributed by atoms with Gasteiger partial charge in [-0.05, 0) is 24.6 Å². The van der Waals surface area contributed by atoms with Gasteiger partial charge in [0.1, 0.15) is 30.5 Å². The van der Waals surface area contributed by atoms with E-state index < -0.39 is 5.97 Å². The number of carbonyl (C=O) groups is 3. The van der Waals surface area contributed by atoms with E-state index in [1.807, 2.05) is 60.7 Å². The monoisotopic (exact) mass is 410 g/mol. The Hall–Kier alpha value is -2.99. The molecule has 0 bridgehead atoms. The fourth-order valence-corrected chi connectivity index (χ4v) is 4.16. The van der Waals surface area contributed by atoms with Crippen LogP contribution in [0.5, 0.6) is 0 Å². The lowest BCUT2D eigenvalue weighted by Crippen LogP contribution is -2.58. The first kappa shape index (κ1) is 21.7. The number of nitrogens with zero attached hydrogens (tertiary/aromatic N) is 1. The molecule has 1 unspecified atom stereocenters. The summed E-state index contributed by atoms with van der Waals surface area (Å²) in [5.41, 5.74) is 1.72. The summed E-state index contributed by atoms with van der Waals surface area (Å²) in [5, 5.41) is 0. The Bertz CT molecular complexity index is 868. The molecule has 1 aliphatic heterocycles. The molecule has 3 rings (SSSR count). The van der Waals surface area contributed by atoms with Gasteiger partial charge in [0, 0.05) is 12.8 Å². The number of hydrogen-bond donors (Lipinski definition) is 0. The second-order valence-corrected chi connectivity index (χ2v) is 7.49. The molecule has 2 aromatic rings. The third kappa shape index (κ3) is 4.94. The van der Waals surface area contributed by atoms with Crippen LogP contribution in [0.3, 0.4) is 0 Å². The van der Waals surface area contributed by atoms with Gasteiger partial charge < -0.3 is 9.47 Å². The molecule has 0 radical (unpaired) electrons. The smallest absolute Gasteiger partial charge is 0.466 e. The van der Waals surface area contributed by atoms with Crippen molar-refractivity contribution in [3.63, 3.8) is 0 Å². The van der Waals surface area contributed by atoms with Crippen LogP contribution in [0.15, 0.2) is 60.7 Å². The zero-order valence-corrected chi connectivity index (χ0v) is 17.3. The molecule has 0 aliphatic carbocycles. The number of quaternary nitrogens is 1. The first-order chi connectivity index (χ1) is 14.6. The highest BCUT2D eigenvalue weighted by molar-refractivity contribution is 5.96. The standard InChI is InChI=1S/C24H28NO5/c1-2-29-23(27)17-22(26)16-21-14-9-15-25(21,20-12-7-4-8-13-20)24(28)30-18-19-10-5-3-6-11-19/h3-8,10-13,21H,2,9,14-18H2,1H3/q+1/t21-,25?/m0/s1. The minimum absolute atomic E-state index is 0.0256. The number of esters is 1. The van der Waals surface area contributed by atoms with Crippen LogP contribution in [-0.2, 0) is 25.7 Å². The van der Waals surface area contributed by atoms with E-state index in [4.69, 9.17) is 9.47 Å². The van der Waals surface area contributed by atoms with Crippen LogP contribution in [0.1, 0.15) is 38.2 Å². The number of para-hydroxylation sites is 1. The summed E-state index contributed by atoms with van der Waals surface area (Å²) in [6, 6.07) is 18.7. The van der Waals surface area contributed by atoms with Crippen molar-refractivity contribution >= 4 is 23.5 Å². The Morgan fingerprint density at radius 3 is 2.30 bits per heavy atom. The molecule has 1 aliphatic rings. The van der Waals surface area contributed by atoms with E-state index in [0.29, 0.717) is 13.0 Å². The summed E-state index contributed by atoms with van der Waals surface area (Å²) >= 11 is 0. The first-order valence-corrected chi connectivity index (χ1v) is 10.4. The molecule has 0 saturated carbocycles. The fourth-order valence-electron chi connectivity index (χ4n) is 4.16. The van der Waals surface area contributed by atoms with E-state index in [2.05, 4.69) is 0 Å². The van der Waals surface area contributed by atoms with Gasteiger partial charge in [0.25, 0.3) is 0 Å². The van der Waals surface area contributed by atoms with Gasteiger partial charge >= 0.3 is 12.1 Å². The Morgan fingerprint density at radius 2 is 1.63 bits per heavy atom. The third-order valence-corrected chi connectivity index (χ3v) is 5.53. The van der Waals surface area contributed by atoms with Gasteiger partial charge in [-0.1, -0.05) is 48.5 Å². The maximum atomic E-state index is 13.4. The second-order valence-electron chi connectivity index (χ2n) is 7.49. The lowest BCUT2D eigenvalue weighted by molar-refractivity contribution is -0.145. The Kier molecular flexibility index (Phi) is 7.36. The molecule has 1 amide bonds. The number of ketones is 1. The van der Waals surface area contributed by atoms with E-state index in [1.54, 1.807) is 6.92 Å². The summed E-state index contributed by atoms with van der Waals surface area (Å²) < 4.78 is 10.6. The van der Waals surface area contributed by atoms with Crippen LogP contribution >= 0.6 is 0 Å². The molecule has 6 nitrogen and oxygen atoms in total. The molecule has 1 fully saturated rings. The van der Waals surface area contributed by atoms with Crippen molar-refractivity contribution in [2.45, 2.75) is 45.3 Å². The van der Waals surface area contributed by atoms with E-state index >= 15 is 0 Å². The number of Topliss-reactive ketones (excluding diaryl/α,β-unsaturated/α-hetero) is 1. The number of benzene rings is 2. The van der Waals surface area contributed by atoms with E-state index in [1.165, 1.54) is 0 Å². The van der Waals surface area contributed by atoms with Crippen molar-refractivity contribution in [1.29, 1.82) is 0 Å². The Morgan fingerprint density at radius 1 is 0.967 bits per heavy atom. The van der Waals surface area contributed by atoms with E-state index in [9.17, 15) is 14.4 Å². The molecule has 1 heterocycles. The first-order valence-electron chi connectivity index (χ1n) is 10.4. The predicted molar refractivity (Wildman–Crippen MR) is 114 cm³/mol. The van der Waals surface area contributed by atoms with Crippen molar-refractivity contribution in [2.75, 3.05) is 13.2 Å². The lowest BCUT2D eigenvalue weighted by Gasteiger charge is -2.35. The molecule has 1 saturated heterocycles. The van der Waals surface area contributed by atoms with E-state index in [-0.39, 0.29) is 48.5 Å². The number of rotatable bonds is 8. The predicted octanol–water partition coefficient (Wildman–Crippen LogP) is 4.41. The summed E-state index contributed by atoms with van der Waals surface area (Å²) in [7, 11) is 0. The van der Waals surface area contributed by atoms with Gasteiger partial charge in [0.2, 0.25) is 0 Å². The molecule has 30 heavy (non-hydrogen) atoms. The number of carbonyl (C=O) groups excluding carboxylic acids is 3. The van der Waals surface area contributed by atoms with Crippen LogP contribution in [0, 0.1) is 0 Å².